The zero-order valence-corrected chi connectivity index (χ0v) is 44.3. The number of ether oxygens (including phenoxy) is 3. The summed E-state index contributed by atoms with van der Waals surface area (Å²) in [6.07, 6.45) is 78.7. The summed E-state index contributed by atoms with van der Waals surface area (Å²) < 4.78 is 16.7. The van der Waals surface area contributed by atoms with Crippen molar-refractivity contribution < 1.29 is 28.6 Å². The van der Waals surface area contributed by atoms with E-state index < -0.39 is 6.10 Å². The van der Waals surface area contributed by atoms with Gasteiger partial charge in [0.15, 0.2) is 6.10 Å². The van der Waals surface area contributed by atoms with E-state index in [1.807, 2.05) is 0 Å². The molecule has 388 valence electrons. The van der Waals surface area contributed by atoms with Crippen LogP contribution in [0.2, 0.25) is 0 Å². The first-order valence-corrected chi connectivity index (χ1v) is 27.7. The molecule has 0 saturated carbocycles. The highest BCUT2D eigenvalue weighted by molar-refractivity contribution is 5.71. The molecule has 1 atom stereocenters. The molecule has 6 nitrogen and oxygen atoms in total. The fourth-order valence-corrected chi connectivity index (χ4v) is 7.06. The Hall–Kier alpha value is -4.45. The van der Waals surface area contributed by atoms with Crippen LogP contribution >= 0.6 is 0 Å². The summed E-state index contributed by atoms with van der Waals surface area (Å²) in [4.78, 5) is 38.0. The van der Waals surface area contributed by atoms with E-state index in [4.69, 9.17) is 14.2 Å². The fourth-order valence-electron chi connectivity index (χ4n) is 7.06. The Bertz CT molecular complexity index is 1510. The third-order valence-electron chi connectivity index (χ3n) is 11.2. The summed E-state index contributed by atoms with van der Waals surface area (Å²) >= 11 is 0. The van der Waals surface area contributed by atoms with Gasteiger partial charge in [-0.1, -0.05) is 225 Å². The monoisotopic (exact) mass is 953 g/mol. The van der Waals surface area contributed by atoms with Crippen molar-refractivity contribution in [1.29, 1.82) is 0 Å². The lowest BCUT2D eigenvalue weighted by Crippen LogP contribution is -2.30. The van der Waals surface area contributed by atoms with Gasteiger partial charge in [-0.05, 0) is 116 Å². The van der Waals surface area contributed by atoms with Gasteiger partial charge in [-0.3, -0.25) is 14.4 Å². The van der Waals surface area contributed by atoms with Gasteiger partial charge in [0.1, 0.15) is 13.2 Å². The number of carbonyl (C=O) groups excluding carboxylic acids is 3. The van der Waals surface area contributed by atoms with E-state index in [2.05, 4.69) is 154 Å². The van der Waals surface area contributed by atoms with Crippen LogP contribution in [0.1, 0.15) is 226 Å². The van der Waals surface area contributed by atoms with Crippen LogP contribution in [0.25, 0.3) is 0 Å². The van der Waals surface area contributed by atoms with Crippen molar-refractivity contribution in [1.82, 2.24) is 0 Å². The van der Waals surface area contributed by atoms with Crippen LogP contribution in [0.5, 0.6) is 0 Å². The molecule has 0 aliphatic heterocycles. The highest BCUT2D eigenvalue weighted by Crippen LogP contribution is 2.13. The minimum Gasteiger partial charge on any atom is -0.462 e. The van der Waals surface area contributed by atoms with E-state index in [9.17, 15) is 14.4 Å². The predicted octanol–water partition coefficient (Wildman–Crippen LogP) is 18.6. The van der Waals surface area contributed by atoms with Gasteiger partial charge in [0.25, 0.3) is 0 Å². The topological polar surface area (TPSA) is 78.9 Å². The molecule has 0 N–H and O–H groups in total. The highest BCUT2D eigenvalue weighted by atomic mass is 16.6. The zero-order valence-electron chi connectivity index (χ0n) is 44.3. The molecule has 0 radical (unpaired) electrons. The van der Waals surface area contributed by atoms with Crippen LogP contribution in [0, 0.1) is 0 Å². The second-order valence-corrected chi connectivity index (χ2v) is 17.7. The standard InChI is InChI=1S/C63H100O6/c1-4-7-10-13-16-19-22-24-26-27-28-29-30-31-32-33-34-35-37-38-41-44-47-50-53-56-62(65)68-59-60(58-67-61(64)55-52-49-46-43-40-21-18-15-12-9-6-3)69-63(66)57-54-51-48-45-42-39-36-25-23-20-17-14-11-8-5-2/h7-8,10-11,16-17,19-20,24-26,28-29,31-32,34-36,38,41-42,45,60H,4-6,9,12-15,18,21-23,27,30,33,37,39-40,43-44,46-59H2,1-3H3/b10-7-,11-8-,19-16-,20-17-,26-24-,29-28-,32-31-,35-34-,36-25-,41-38-,45-42-. The van der Waals surface area contributed by atoms with Gasteiger partial charge in [0, 0.05) is 19.3 Å². The lowest BCUT2D eigenvalue weighted by Gasteiger charge is -2.18. The molecule has 0 fully saturated rings. The van der Waals surface area contributed by atoms with E-state index in [1.165, 1.54) is 51.4 Å². The molecule has 0 spiro atoms. The summed E-state index contributed by atoms with van der Waals surface area (Å²) in [6, 6.07) is 0. The first-order chi connectivity index (χ1) is 34.0. The molecule has 0 aliphatic carbocycles. The third-order valence-corrected chi connectivity index (χ3v) is 11.2. The zero-order chi connectivity index (χ0) is 50.0. The molecule has 0 heterocycles. The Labute approximate surface area is 424 Å². The molecular formula is C63H100O6. The number of rotatable bonds is 48. The smallest absolute Gasteiger partial charge is 0.306 e. The maximum atomic E-state index is 12.8. The van der Waals surface area contributed by atoms with Crippen molar-refractivity contribution in [2.24, 2.45) is 0 Å². The molecular weight excluding hydrogens is 853 g/mol. The van der Waals surface area contributed by atoms with E-state index in [-0.39, 0.29) is 37.5 Å². The van der Waals surface area contributed by atoms with E-state index in [0.29, 0.717) is 19.3 Å². The van der Waals surface area contributed by atoms with Gasteiger partial charge in [-0.2, -0.15) is 0 Å². The molecule has 0 aromatic rings. The number of hydrogen-bond acceptors (Lipinski definition) is 6. The maximum Gasteiger partial charge on any atom is 0.306 e. The van der Waals surface area contributed by atoms with Crippen LogP contribution in [-0.2, 0) is 28.6 Å². The first kappa shape index (κ1) is 64.5. The minimum absolute atomic E-state index is 0.108. The van der Waals surface area contributed by atoms with Gasteiger partial charge in [-0.15, -0.1) is 0 Å². The molecule has 0 amide bonds. The highest BCUT2D eigenvalue weighted by Gasteiger charge is 2.19. The largest absolute Gasteiger partial charge is 0.462 e. The van der Waals surface area contributed by atoms with Gasteiger partial charge >= 0.3 is 17.9 Å². The van der Waals surface area contributed by atoms with Crippen molar-refractivity contribution in [2.45, 2.75) is 232 Å². The number of unbranched alkanes of at least 4 members (excludes halogenated alkanes) is 15. The summed E-state index contributed by atoms with van der Waals surface area (Å²) in [5.41, 5.74) is 0. The lowest BCUT2D eigenvalue weighted by atomic mass is 10.1. The van der Waals surface area contributed by atoms with Crippen LogP contribution in [0.4, 0.5) is 0 Å². The van der Waals surface area contributed by atoms with Crippen molar-refractivity contribution in [3.63, 3.8) is 0 Å². The molecule has 0 rings (SSSR count). The molecule has 0 aliphatic rings. The van der Waals surface area contributed by atoms with E-state index in [0.717, 1.165) is 128 Å². The molecule has 6 heteroatoms. The van der Waals surface area contributed by atoms with Gasteiger partial charge in [-0.25, -0.2) is 0 Å². The average Bonchev–Trinajstić information content (AvgIpc) is 3.35. The summed E-state index contributed by atoms with van der Waals surface area (Å²) in [5.74, 6) is -0.992. The first-order valence-electron chi connectivity index (χ1n) is 27.7. The normalized spacial score (nSPS) is 13.1. The van der Waals surface area contributed by atoms with E-state index >= 15 is 0 Å². The summed E-state index contributed by atoms with van der Waals surface area (Å²) in [5, 5.41) is 0. The third kappa shape index (κ3) is 54.4. The summed E-state index contributed by atoms with van der Waals surface area (Å²) in [6.45, 7) is 6.32. The Morgan fingerprint density at radius 3 is 0.913 bits per heavy atom. The SMILES string of the molecule is CC/C=C\C/C=C\C/C=C\C/C=C\C/C=C\C/C=C\C/C=C\CCCCCC(=O)OCC(COC(=O)CCCCCCCCCCCCC)OC(=O)CCCC/C=C\C/C=C\C/C=C\C/C=C\CC. The Balaban J connectivity index is 4.46. The molecule has 69 heavy (non-hydrogen) atoms. The van der Waals surface area contributed by atoms with Crippen molar-refractivity contribution in [3.05, 3.63) is 134 Å². The molecule has 0 saturated heterocycles. The van der Waals surface area contributed by atoms with Crippen molar-refractivity contribution in [3.8, 4) is 0 Å². The second-order valence-electron chi connectivity index (χ2n) is 17.7. The number of carbonyl (C=O) groups is 3. The quantitative estimate of drug-likeness (QED) is 0.0262. The van der Waals surface area contributed by atoms with Crippen molar-refractivity contribution in [2.75, 3.05) is 13.2 Å². The predicted molar refractivity (Wildman–Crippen MR) is 297 cm³/mol. The molecule has 1 unspecified atom stereocenters. The number of allylic oxidation sites excluding steroid dienone is 22. The van der Waals surface area contributed by atoms with Gasteiger partial charge in [0.05, 0.1) is 0 Å². The van der Waals surface area contributed by atoms with Gasteiger partial charge in [0.2, 0.25) is 0 Å². The molecule has 0 bridgehead atoms. The summed E-state index contributed by atoms with van der Waals surface area (Å²) in [7, 11) is 0. The van der Waals surface area contributed by atoms with Crippen LogP contribution in [0.3, 0.4) is 0 Å². The lowest BCUT2D eigenvalue weighted by molar-refractivity contribution is -0.167. The van der Waals surface area contributed by atoms with Crippen molar-refractivity contribution >= 4 is 17.9 Å². The Morgan fingerprint density at radius 2 is 0.565 bits per heavy atom. The number of esters is 3. The van der Waals surface area contributed by atoms with Gasteiger partial charge < -0.3 is 14.2 Å². The minimum atomic E-state index is -0.816. The number of hydrogen-bond donors (Lipinski definition) is 0. The maximum absolute atomic E-state index is 12.8. The van der Waals surface area contributed by atoms with Crippen LogP contribution in [0.15, 0.2) is 134 Å². The Morgan fingerprint density at radius 1 is 0.304 bits per heavy atom. The Kier molecular flexibility index (Phi) is 52.5. The van der Waals surface area contributed by atoms with Crippen LogP contribution < -0.4 is 0 Å². The molecule has 0 aromatic heterocycles. The second kappa shape index (κ2) is 56.1. The van der Waals surface area contributed by atoms with E-state index in [1.54, 1.807) is 0 Å². The van der Waals surface area contributed by atoms with Crippen LogP contribution in [-0.4, -0.2) is 37.2 Å². The molecule has 0 aromatic carbocycles. The fraction of sp³-hybridized carbons (Fsp3) is 0.603. The average molecular weight is 953 g/mol.